The summed E-state index contributed by atoms with van der Waals surface area (Å²) in [6.07, 6.45) is 0. The van der Waals surface area contributed by atoms with Gasteiger partial charge in [-0.15, -0.1) is 10.2 Å². The fourth-order valence-corrected chi connectivity index (χ4v) is 3.20. The van der Waals surface area contributed by atoms with Crippen LogP contribution in [0.1, 0.15) is 0 Å². The lowest BCUT2D eigenvalue weighted by molar-refractivity contribution is 0.970. The van der Waals surface area contributed by atoms with Gasteiger partial charge in [0, 0.05) is 15.6 Å². The first-order chi connectivity index (χ1) is 10.3. The van der Waals surface area contributed by atoms with Gasteiger partial charge in [0.05, 0.1) is 0 Å². The number of aromatic nitrogens is 4. The molecule has 0 bridgehead atoms. The number of rotatable bonds is 2. The summed E-state index contributed by atoms with van der Waals surface area (Å²) in [6, 6.07) is 18.1. The van der Waals surface area contributed by atoms with E-state index in [4.69, 9.17) is 0 Å². The molecular weight excluding hydrogens is 348 g/mol. The largest absolute Gasteiger partial charge is 0.235 e. The molecular formula is C15H9BrN4S. The summed E-state index contributed by atoms with van der Waals surface area (Å²) in [5, 5.41) is 14.0. The lowest BCUT2D eigenvalue weighted by atomic mass is 10.2. The lowest BCUT2D eigenvalue weighted by Gasteiger charge is -1.97. The monoisotopic (exact) mass is 356 g/mol. The van der Waals surface area contributed by atoms with E-state index in [1.165, 1.54) is 11.3 Å². The van der Waals surface area contributed by atoms with E-state index in [1.54, 1.807) is 4.52 Å². The zero-order valence-corrected chi connectivity index (χ0v) is 13.2. The van der Waals surface area contributed by atoms with Crippen LogP contribution in [0.15, 0.2) is 59.1 Å². The predicted molar refractivity (Wildman–Crippen MR) is 87.2 cm³/mol. The van der Waals surface area contributed by atoms with Gasteiger partial charge in [0.15, 0.2) is 5.82 Å². The summed E-state index contributed by atoms with van der Waals surface area (Å²) < 4.78 is 2.84. The van der Waals surface area contributed by atoms with Gasteiger partial charge in [-0.2, -0.15) is 9.61 Å². The Hall–Kier alpha value is -2.05. The standard InChI is InChI=1S/C15H9BrN4S/c16-12-8-6-10(7-9-12)13-17-18-15-20(13)19-14(21-15)11-4-2-1-3-5-11/h1-9H. The highest BCUT2D eigenvalue weighted by atomic mass is 79.9. The molecule has 0 fully saturated rings. The first-order valence-electron chi connectivity index (χ1n) is 6.35. The van der Waals surface area contributed by atoms with Crippen molar-refractivity contribution in [2.75, 3.05) is 0 Å². The molecule has 4 aromatic rings. The SMILES string of the molecule is Brc1ccc(-c2nnc3sc(-c4ccccc4)nn23)cc1. The van der Waals surface area contributed by atoms with Crippen LogP contribution in [0, 0.1) is 0 Å². The summed E-state index contributed by atoms with van der Waals surface area (Å²) in [5.41, 5.74) is 2.09. The van der Waals surface area contributed by atoms with Crippen LogP contribution in [-0.4, -0.2) is 19.8 Å². The Balaban J connectivity index is 1.85. The minimum absolute atomic E-state index is 0.760. The maximum absolute atomic E-state index is 4.64. The van der Waals surface area contributed by atoms with E-state index in [-0.39, 0.29) is 0 Å². The Kier molecular flexibility index (Phi) is 3.05. The van der Waals surface area contributed by atoms with E-state index < -0.39 is 0 Å². The zero-order valence-electron chi connectivity index (χ0n) is 10.8. The van der Waals surface area contributed by atoms with Crippen molar-refractivity contribution in [2.45, 2.75) is 0 Å². The Morgan fingerprint density at radius 1 is 0.857 bits per heavy atom. The highest BCUT2D eigenvalue weighted by Gasteiger charge is 2.14. The number of nitrogens with zero attached hydrogens (tertiary/aromatic N) is 4. The smallest absolute Gasteiger partial charge is 0.182 e. The van der Waals surface area contributed by atoms with Gasteiger partial charge in [0.2, 0.25) is 4.96 Å². The maximum Gasteiger partial charge on any atom is 0.235 e. The van der Waals surface area contributed by atoms with Gasteiger partial charge >= 0.3 is 0 Å². The molecule has 6 heteroatoms. The average Bonchev–Trinajstić information content (AvgIpc) is 3.09. The number of fused-ring (bicyclic) bond motifs is 1. The summed E-state index contributed by atoms with van der Waals surface area (Å²) in [5.74, 6) is 0.760. The van der Waals surface area contributed by atoms with Gasteiger partial charge in [0.1, 0.15) is 5.01 Å². The molecule has 4 rings (SSSR count). The Bertz CT molecular complexity index is 896. The highest BCUT2D eigenvalue weighted by molar-refractivity contribution is 9.10. The van der Waals surface area contributed by atoms with E-state index in [0.29, 0.717) is 0 Å². The molecule has 0 radical (unpaired) electrons. The van der Waals surface area contributed by atoms with Crippen LogP contribution in [-0.2, 0) is 0 Å². The summed E-state index contributed by atoms with van der Waals surface area (Å²) in [6.45, 7) is 0. The zero-order chi connectivity index (χ0) is 14.2. The summed E-state index contributed by atoms with van der Waals surface area (Å²) in [7, 11) is 0. The molecule has 0 atom stereocenters. The van der Waals surface area contributed by atoms with Gasteiger partial charge in [-0.1, -0.05) is 69.7 Å². The van der Waals surface area contributed by atoms with Gasteiger partial charge in [-0.25, -0.2) is 0 Å². The van der Waals surface area contributed by atoms with E-state index in [2.05, 4.69) is 31.2 Å². The molecule has 0 N–H and O–H groups in total. The van der Waals surface area contributed by atoms with Crippen molar-refractivity contribution in [3.05, 3.63) is 59.1 Å². The van der Waals surface area contributed by atoms with Crippen molar-refractivity contribution in [3.8, 4) is 22.0 Å². The molecule has 2 heterocycles. The molecule has 2 aromatic carbocycles. The van der Waals surface area contributed by atoms with Crippen molar-refractivity contribution in [2.24, 2.45) is 0 Å². The van der Waals surface area contributed by atoms with Crippen molar-refractivity contribution < 1.29 is 0 Å². The molecule has 21 heavy (non-hydrogen) atoms. The topological polar surface area (TPSA) is 43.1 Å². The molecule has 2 aromatic heterocycles. The number of halogens is 1. The second-order valence-electron chi connectivity index (χ2n) is 4.50. The number of hydrogen-bond acceptors (Lipinski definition) is 4. The summed E-state index contributed by atoms with van der Waals surface area (Å²) >= 11 is 4.97. The highest BCUT2D eigenvalue weighted by Crippen LogP contribution is 2.28. The van der Waals surface area contributed by atoms with Crippen molar-refractivity contribution in [1.82, 2.24) is 19.8 Å². The third kappa shape index (κ3) is 2.26. The van der Waals surface area contributed by atoms with Crippen LogP contribution >= 0.6 is 27.3 Å². The second-order valence-corrected chi connectivity index (χ2v) is 6.37. The molecule has 0 saturated carbocycles. The van der Waals surface area contributed by atoms with Crippen molar-refractivity contribution in [1.29, 1.82) is 0 Å². The van der Waals surface area contributed by atoms with Crippen molar-refractivity contribution >= 4 is 32.2 Å². The minimum atomic E-state index is 0.760. The molecule has 0 saturated heterocycles. The first kappa shape index (κ1) is 12.7. The second kappa shape index (κ2) is 5.05. The Labute approximate surface area is 133 Å². The quantitative estimate of drug-likeness (QED) is 0.538. The number of benzene rings is 2. The van der Waals surface area contributed by atoms with E-state index in [1.807, 2.05) is 54.6 Å². The van der Waals surface area contributed by atoms with Crippen LogP contribution in [0.2, 0.25) is 0 Å². The first-order valence-corrected chi connectivity index (χ1v) is 7.96. The Morgan fingerprint density at radius 3 is 2.38 bits per heavy atom. The van der Waals surface area contributed by atoms with E-state index in [9.17, 15) is 0 Å². The fraction of sp³-hybridized carbons (Fsp3) is 0. The molecule has 0 amide bonds. The van der Waals surface area contributed by atoms with Gasteiger partial charge in [-0.05, 0) is 12.1 Å². The fourth-order valence-electron chi connectivity index (χ4n) is 2.09. The summed E-state index contributed by atoms with van der Waals surface area (Å²) in [4.78, 5) is 0.798. The molecule has 0 aliphatic rings. The van der Waals surface area contributed by atoms with E-state index in [0.717, 1.165) is 31.4 Å². The van der Waals surface area contributed by atoms with Gasteiger partial charge in [0.25, 0.3) is 0 Å². The predicted octanol–water partition coefficient (Wildman–Crippen LogP) is 4.28. The van der Waals surface area contributed by atoms with Crippen LogP contribution in [0.3, 0.4) is 0 Å². The maximum atomic E-state index is 4.64. The van der Waals surface area contributed by atoms with Gasteiger partial charge in [-0.3, -0.25) is 0 Å². The van der Waals surface area contributed by atoms with Crippen LogP contribution in [0.5, 0.6) is 0 Å². The molecule has 102 valence electrons. The van der Waals surface area contributed by atoms with Crippen molar-refractivity contribution in [3.63, 3.8) is 0 Å². The Morgan fingerprint density at radius 2 is 1.62 bits per heavy atom. The van der Waals surface area contributed by atoms with E-state index >= 15 is 0 Å². The third-order valence-electron chi connectivity index (χ3n) is 3.11. The molecule has 4 nitrogen and oxygen atoms in total. The molecule has 0 unspecified atom stereocenters. The number of hydrogen-bond donors (Lipinski definition) is 0. The van der Waals surface area contributed by atoms with Crippen LogP contribution in [0.25, 0.3) is 26.9 Å². The lowest BCUT2D eigenvalue weighted by Crippen LogP contribution is -1.90. The normalized spacial score (nSPS) is 11.1. The average molecular weight is 357 g/mol. The molecule has 0 spiro atoms. The third-order valence-corrected chi connectivity index (χ3v) is 4.59. The minimum Gasteiger partial charge on any atom is -0.182 e. The molecule has 0 aliphatic heterocycles. The van der Waals surface area contributed by atoms with Crippen LogP contribution in [0.4, 0.5) is 0 Å². The van der Waals surface area contributed by atoms with Gasteiger partial charge < -0.3 is 0 Å². The van der Waals surface area contributed by atoms with Crippen LogP contribution < -0.4 is 0 Å². The molecule has 0 aliphatic carbocycles.